The van der Waals surface area contributed by atoms with E-state index in [4.69, 9.17) is 14.4 Å². The first-order valence-electron chi connectivity index (χ1n) is 26.0. The van der Waals surface area contributed by atoms with E-state index in [-0.39, 0.29) is 0 Å². The molecule has 4 heterocycles. The number of rotatable bonds is 6. The minimum atomic E-state index is -1.02. The summed E-state index contributed by atoms with van der Waals surface area (Å²) >= 11 is 0. The van der Waals surface area contributed by atoms with Gasteiger partial charge in [0.25, 0.3) is 0 Å². The number of amidine groups is 2. The Labute approximate surface area is 436 Å². The molecule has 0 amide bonds. The Kier molecular flexibility index (Phi) is 9.07. The van der Waals surface area contributed by atoms with Crippen molar-refractivity contribution < 1.29 is 4.42 Å². The SMILES string of the molecule is CC1(c2cccc3c4ccccc4n(-c4ccccc4)c23)N=C(c2cc(-n3c4cc5ccccc5cc4c4cc5ccccc5cc43)c3oc4cc5ccccc5cc4c3c2)N=C(c2cccc(-c3ccccc3)c2)N1. The van der Waals surface area contributed by atoms with Crippen molar-refractivity contribution in [3.8, 4) is 22.5 Å². The topological polar surface area (TPSA) is 59.8 Å². The van der Waals surface area contributed by atoms with Gasteiger partial charge in [0.15, 0.2) is 17.1 Å². The van der Waals surface area contributed by atoms with Crippen molar-refractivity contribution in [3.05, 3.63) is 265 Å². The van der Waals surface area contributed by atoms with Gasteiger partial charge < -0.3 is 18.9 Å². The number of benzene rings is 12. The summed E-state index contributed by atoms with van der Waals surface area (Å²) in [6, 6.07) is 89.4. The molecule has 0 bridgehead atoms. The molecule has 356 valence electrons. The van der Waals surface area contributed by atoms with Crippen LogP contribution in [0.1, 0.15) is 23.6 Å². The number of fused-ring (bicyclic) bond motifs is 12. The zero-order chi connectivity index (χ0) is 50.1. The summed E-state index contributed by atoms with van der Waals surface area (Å²) in [7, 11) is 0. The van der Waals surface area contributed by atoms with Crippen molar-refractivity contribution in [3.63, 3.8) is 0 Å². The highest BCUT2D eigenvalue weighted by molar-refractivity contribution is 6.21. The Morgan fingerprint density at radius 1 is 0.395 bits per heavy atom. The third-order valence-electron chi connectivity index (χ3n) is 15.8. The monoisotopic (exact) mass is 971 g/mol. The molecule has 12 aromatic carbocycles. The van der Waals surface area contributed by atoms with Crippen molar-refractivity contribution in [1.82, 2.24) is 14.5 Å². The molecule has 15 aromatic rings. The number of aromatic nitrogens is 2. The van der Waals surface area contributed by atoms with Gasteiger partial charge in [0.05, 0.1) is 27.8 Å². The van der Waals surface area contributed by atoms with Gasteiger partial charge in [0.1, 0.15) is 11.4 Å². The summed E-state index contributed by atoms with van der Waals surface area (Å²) in [6.07, 6.45) is 0. The predicted molar refractivity (Wildman–Crippen MR) is 317 cm³/mol. The second-order valence-electron chi connectivity index (χ2n) is 20.4. The molecule has 1 aliphatic heterocycles. The van der Waals surface area contributed by atoms with E-state index in [0.717, 1.165) is 105 Å². The van der Waals surface area contributed by atoms with E-state index in [1.54, 1.807) is 0 Å². The van der Waals surface area contributed by atoms with E-state index in [9.17, 15) is 0 Å². The normalized spacial score (nSPS) is 15.0. The fraction of sp³-hybridized carbons (Fsp3) is 0.0286. The van der Waals surface area contributed by atoms with E-state index in [1.165, 1.54) is 37.7 Å². The number of nitrogens with zero attached hydrogens (tertiary/aromatic N) is 4. The van der Waals surface area contributed by atoms with Crippen LogP contribution in [-0.2, 0) is 5.66 Å². The molecule has 1 aliphatic rings. The van der Waals surface area contributed by atoms with Gasteiger partial charge in [-0.3, -0.25) is 0 Å². The molecule has 3 aromatic heterocycles. The predicted octanol–water partition coefficient (Wildman–Crippen LogP) is 17.6. The number of para-hydroxylation sites is 3. The van der Waals surface area contributed by atoms with Crippen LogP contribution in [0.3, 0.4) is 0 Å². The summed E-state index contributed by atoms with van der Waals surface area (Å²) in [5, 5.41) is 17.7. The first-order chi connectivity index (χ1) is 37.5. The average Bonchev–Trinajstić information content (AvgIpc) is 4.16. The molecule has 6 nitrogen and oxygen atoms in total. The fourth-order valence-electron chi connectivity index (χ4n) is 12.2. The van der Waals surface area contributed by atoms with Gasteiger partial charge in [-0.15, -0.1) is 0 Å². The highest BCUT2D eigenvalue weighted by atomic mass is 16.3. The van der Waals surface area contributed by atoms with Gasteiger partial charge in [0, 0.05) is 54.7 Å². The quantitative estimate of drug-likeness (QED) is 0.180. The lowest BCUT2D eigenvalue weighted by molar-refractivity contribution is 0.458. The Balaban J connectivity index is 1.02. The molecule has 0 radical (unpaired) electrons. The molecular weight excluding hydrogens is 927 g/mol. The Morgan fingerprint density at radius 3 is 1.64 bits per heavy atom. The van der Waals surface area contributed by atoms with Crippen LogP contribution in [0, 0.1) is 0 Å². The van der Waals surface area contributed by atoms with Crippen LogP contribution in [0.2, 0.25) is 0 Å². The van der Waals surface area contributed by atoms with E-state index < -0.39 is 5.66 Å². The zero-order valence-electron chi connectivity index (χ0n) is 41.4. The first kappa shape index (κ1) is 42.5. The highest BCUT2D eigenvalue weighted by Crippen LogP contribution is 2.44. The van der Waals surface area contributed by atoms with Gasteiger partial charge >= 0.3 is 0 Å². The Bertz CT molecular complexity index is 4890. The maximum atomic E-state index is 7.21. The zero-order valence-corrected chi connectivity index (χ0v) is 41.4. The summed E-state index contributed by atoms with van der Waals surface area (Å²) < 4.78 is 12.0. The van der Waals surface area contributed by atoms with Crippen LogP contribution in [0.4, 0.5) is 0 Å². The van der Waals surface area contributed by atoms with Crippen LogP contribution in [0.5, 0.6) is 0 Å². The van der Waals surface area contributed by atoms with Gasteiger partial charge in [-0.05, 0) is 123 Å². The number of furan rings is 1. The van der Waals surface area contributed by atoms with Crippen molar-refractivity contribution in [2.24, 2.45) is 9.98 Å². The third-order valence-corrected chi connectivity index (χ3v) is 15.8. The lowest BCUT2D eigenvalue weighted by Crippen LogP contribution is -2.46. The molecule has 0 spiro atoms. The molecule has 1 atom stereocenters. The molecular formula is C70H45N5O. The summed E-state index contributed by atoms with van der Waals surface area (Å²) in [6.45, 7) is 2.20. The first-order valence-corrected chi connectivity index (χ1v) is 26.0. The fourth-order valence-corrected chi connectivity index (χ4v) is 12.2. The average molecular weight is 972 g/mol. The standard InChI is InChI=1S/C70H45N5O/c1-70(60-32-17-31-55-54-30-14-15-33-61(54)74(66(55)60)53-28-6-3-7-29-53)72-68(51-27-16-26-44(34-51)43-18-4-2-5-19-43)71-69(73-70)52-38-59-58-37-47-22-10-13-25-50(47)42-65(58)76-67(59)64(41-52)75-62-39-48-23-11-8-20-45(48)35-56(62)57-36-46-21-9-12-24-49(46)40-63(57)75/h2-42H,1H3,(H,71,72,73). The number of hydrogen-bond acceptors (Lipinski definition) is 4. The minimum Gasteiger partial charge on any atom is -0.454 e. The largest absolute Gasteiger partial charge is 0.454 e. The maximum absolute atomic E-state index is 7.21. The van der Waals surface area contributed by atoms with Crippen molar-refractivity contribution >= 4 is 110 Å². The number of hydrogen-bond donors (Lipinski definition) is 1. The molecule has 0 saturated heterocycles. The van der Waals surface area contributed by atoms with Crippen LogP contribution in [-0.4, -0.2) is 20.8 Å². The summed E-state index contributed by atoms with van der Waals surface area (Å²) in [5.41, 5.74) is 12.1. The lowest BCUT2D eigenvalue weighted by atomic mass is 9.95. The smallest absolute Gasteiger partial charge is 0.159 e. The molecule has 0 saturated carbocycles. The molecule has 16 rings (SSSR count). The van der Waals surface area contributed by atoms with Crippen LogP contribution in [0.15, 0.2) is 263 Å². The summed E-state index contributed by atoms with van der Waals surface area (Å²) in [4.78, 5) is 11.5. The number of aliphatic imine (C=N–C) groups is 2. The van der Waals surface area contributed by atoms with Gasteiger partial charge in [-0.25, -0.2) is 9.98 Å². The number of nitrogens with one attached hydrogen (secondary N) is 1. The maximum Gasteiger partial charge on any atom is 0.159 e. The minimum absolute atomic E-state index is 0.607. The third kappa shape index (κ3) is 6.47. The van der Waals surface area contributed by atoms with E-state index in [2.05, 4.69) is 270 Å². The van der Waals surface area contributed by atoms with Gasteiger partial charge in [-0.1, -0.05) is 176 Å². The molecule has 76 heavy (non-hydrogen) atoms. The van der Waals surface area contributed by atoms with Crippen LogP contribution < -0.4 is 5.32 Å². The van der Waals surface area contributed by atoms with Crippen LogP contribution >= 0.6 is 0 Å². The molecule has 0 fully saturated rings. The Morgan fingerprint density at radius 2 is 0.947 bits per heavy atom. The molecule has 1 unspecified atom stereocenters. The second-order valence-corrected chi connectivity index (χ2v) is 20.4. The lowest BCUT2D eigenvalue weighted by Gasteiger charge is -2.34. The van der Waals surface area contributed by atoms with Gasteiger partial charge in [-0.2, -0.15) is 0 Å². The highest BCUT2D eigenvalue weighted by Gasteiger charge is 2.36. The van der Waals surface area contributed by atoms with E-state index >= 15 is 0 Å². The van der Waals surface area contributed by atoms with E-state index in [0.29, 0.717) is 5.84 Å². The molecule has 6 heteroatoms. The second kappa shape index (κ2) is 16.2. The van der Waals surface area contributed by atoms with Crippen molar-refractivity contribution in [2.45, 2.75) is 12.6 Å². The van der Waals surface area contributed by atoms with Crippen molar-refractivity contribution in [2.75, 3.05) is 0 Å². The Hall–Kier alpha value is -10.0. The van der Waals surface area contributed by atoms with Gasteiger partial charge in [0.2, 0.25) is 0 Å². The van der Waals surface area contributed by atoms with Crippen LogP contribution in [0.25, 0.3) is 120 Å². The summed E-state index contributed by atoms with van der Waals surface area (Å²) in [5.74, 6) is 1.33. The van der Waals surface area contributed by atoms with Crippen molar-refractivity contribution in [1.29, 1.82) is 0 Å². The molecule has 0 aliphatic carbocycles. The molecule has 1 N–H and O–H groups in total. The van der Waals surface area contributed by atoms with E-state index in [1.807, 2.05) is 0 Å².